The lowest BCUT2D eigenvalue weighted by molar-refractivity contribution is -0.134. The van der Waals surface area contributed by atoms with E-state index in [1.54, 1.807) is 0 Å². The molecule has 0 saturated carbocycles. The van der Waals surface area contributed by atoms with E-state index in [-0.39, 0.29) is 0 Å². The Kier molecular flexibility index (Phi) is 13.2. The number of carboxylic acids is 1. The third-order valence-electron chi connectivity index (χ3n) is 0.691. The Labute approximate surface area is 62.6 Å². The SMILES string of the molecule is C/C=C/CCC.CC(=O)O. The van der Waals surface area contributed by atoms with Crippen molar-refractivity contribution in [3.05, 3.63) is 12.2 Å². The minimum atomic E-state index is -0.833. The lowest BCUT2D eigenvalue weighted by Crippen LogP contribution is -1.78. The number of carboxylic acid groups (broad SMARTS) is 1. The molecule has 0 aromatic carbocycles. The van der Waals surface area contributed by atoms with Crippen LogP contribution in [-0.2, 0) is 4.79 Å². The van der Waals surface area contributed by atoms with Gasteiger partial charge in [0, 0.05) is 6.92 Å². The fraction of sp³-hybridized carbons (Fsp3) is 0.625. The van der Waals surface area contributed by atoms with Crippen LogP contribution < -0.4 is 0 Å². The summed E-state index contributed by atoms with van der Waals surface area (Å²) < 4.78 is 0. The molecule has 0 aromatic rings. The molecule has 0 spiro atoms. The standard InChI is InChI=1S/C6H12.C2H4O2/c1-3-5-6-4-2;1-2(3)4/h3,5H,4,6H2,1-2H3;1H3,(H,3,4)/b5-3+;. The van der Waals surface area contributed by atoms with Crippen LogP contribution in [0.3, 0.4) is 0 Å². The van der Waals surface area contributed by atoms with Crippen molar-refractivity contribution in [2.75, 3.05) is 0 Å². The van der Waals surface area contributed by atoms with Crippen molar-refractivity contribution >= 4 is 5.97 Å². The average molecular weight is 144 g/mol. The van der Waals surface area contributed by atoms with Gasteiger partial charge in [-0.2, -0.15) is 0 Å². The summed E-state index contributed by atoms with van der Waals surface area (Å²) >= 11 is 0. The van der Waals surface area contributed by atoms with Gasteiger partial charge in [-0.3, -0.25) is 4.79 Å². The predicted octanol–water partition coefficient (Wildman–Crippen LogP) is 2.45. The van der Waals surface area contributed by atoms with E-state index in [2.05, 4.69) is 26.0 Å². The number of aliphatic carboxylic acids is 1. The zero-order chi connectivity index (χ0) is 8.41. The molecule has 0 rings (SSSR count). The zero-order valence-electron chi connectivity index (χ0n) is 6.92. The summed E-state index contributed by atoms with van der Waals surface area (Å²) in [5.74, 6) is -0.833. The Morgan fingerprint density at radius 1 is 1.60 bits per heavy atom. The molecule has 0 atom stereocenters. The van der Waals surface area contributed by atoms with Crippen molar-refractivity contribution in [2.24, 2.45) is 0 Å². The molecule has 0 amide bonds. The van der Waals surface area contributed by atoms with Crippen LogP contribution in [-0.4, -0.2) is 11.1 Å². The number of carbonyl (C=O) groups is 1. The summed E-state index contributed by atoms with van der Waals surface area (Å²) in [6.07, 6.45) is 6.77. The van der Waals surface area contributed by atoms with Gasteiger partial charge < -0.3 is 5.11 Å². The molecule has 0 fully saturated rings. The average Bonchev–Trinajstić information content (AvgIpc) is 1.82. The van der Waals surface area contributed by atoms with Gasteiger partial charge in [0.2, 0.25) is 0 Å². The molecule has 10 heavy (non-hydrogen) atoms. The summed E-state index contributed by atoms with van der Waals surface area (Å²) in [5.41, 5.74) is 0. The van der Waals surface area contributed by atoms with Gasteiger partial charge in [-0.05, 0) is 13.3 Å². The lowest BCUT2D eigenvalue weighted by Gasteiger charge is -1.76. The summed E-state index contributed by atoms with van der Waals surface area (Å²) in [4.78, 5) is 9.00. The highest BCUT2D eigenvalue weighted by molar-refractivity contribution is 5.62. The van der Waals surface area contributed by atoms with Crippen molar-refractivity contribution < 1.29 is 9.90 Å². The maximum atomic E-state index is 9.00. The van der Waals surface area contributed by atoms with E-state index in [4.69, 9.17) is 9.90 Å². The Morgan fingerprint density at radius 2 is 2.00 bits per heavy atom. The van der Waals surface area contributed by atoms with Crippen LogP contribution >= 0.6 is 0 Å². The van der Waals surface area contributed by atoms with Gasteiger partial charge in [0.25, 0.3) is 5.97 Å². The van der Waals surface area contributed by atoms with E-state index in [1.807, 2.05) is 0 Å². The fourth-order valence-electron chi connectivity index (χ4n) is 0.333. The normalized spacial score (nSPS) is 8.70. The third kappa shape index (κ3) is 56.9. The summed E-state index contributed by atoms with van der Waals surface area (Å²) in [6, 6.07) is 0. The first-order valence-electron chi connectivity index (χ1n) is 3.45. The molecule has 0 aliphatic heterocycles. The minimum Gasteiger partial charge on any atom is -0.481 e. The van der Waals surface area contributed by atoms with Crippen LogP contribution in [0.15, 0.2) is 12.2 Å². The van der Waals surface area contributed by atoms with Gasteiger partial charge in [0.1, 0.15) is 0 Å². The van der Waals surface area contributed by atoms with Crippen LogP contribution in [0.5, 0.6) is 0 Å². The van der Waals surface area contributed by atoms with Crippen LogP contribution in [0, 0.1) is 0 Å². The molecule has 0 bridgehead atoms. The number of hydrogen-bond acceptors (Lipinski definition) is 1. The second kappa shape index (κ2) is 11.1. The summed E-state index contributed by atoms with van der Waals surface area (Å²) in [7, 11) is 0. The van der Waals surface area contributed by atoms with E-state index in [0.29, 0.717) is 0 Å². The first-order chi connectivity index (χ1) is 4.65. The Hall–Kier alpha value is -0.790. The molecule has 0 aliphatic carbocycles. The monoisotopic (exact) mass is 144 g/mol. The minimum absolute atomic E-state index is 0.833. The van der Waals surface area contributed by atoms with Crippen molar-refractivity contribution in [1.82, 2.24) is 0 Å². The first-order valence-corrected chi connectivity index (χ1v) is 3.45. The molecule has 0 aromatic heterocycles. The molecule has 1 N–H and O–H groups in total. The van der Waals surface area contributed by atoms with Crippen LogP contribution in [0.2, 0.25) is 0 Å². The quantitative estimate of drug-likeness (QED) is 0.604. The molecule has 0 unspecified atom stereocenters. The number of hydrogen-bond donors (Lipinski definition) is 1. The smallest absolute Gasteiger partial charge is 0.300 e. The largest absolute Gasteiger partial charge is 0.481 e. The molecular weight excluding hydrogens is 128 g/mol. The van der Waals surface area contributed by atoms with Crippen LogP contribution in [0.4, 0.5) is 0 Å². The second-order valence-corrected chi connectivity index (χ2v) is 1.88. The van der Waals surface area contributed by atoms with Crippen LogP contribution in [0.25, 0.3) is 0 Å². The van der Waals surface area contributed by atoms with Gasteiger partial charge in [-0.15, -0.1) is 0 Å². The number of unbranched alkanes of at least 4 members (excludes halogenated alkanes) is 1. The highest BCUT2D eigenvalue weighted by atomic mass is 16.4. The van der Waals surface area contributed by atoms with Crippen molar-refractivity contribution in [1.29, 1.82) is 0 Å². The summed E-state index contributed by atoms with van der Waals surface area (Å²) in [5, 5.41) is 7.42. The predicted molar refractivity (Wildman–Crippen MR) is 43.0 cm³/mol. The van der Waals surface area contributed by atoms with Crippen molar-refractivity contribution in [3.63, 3.8) is 0 Å². The Morgan fingerprint density at radius 3 is 2.10 bits per heavy atom. The Balaban J connectivity index is 0. The molecule has 0 aliphatic rings. The Bertz CT molecular complexity index is 91.4. The molecule has 2 heteroatoms. The molecule has 2 nitrogen and oxygen atoms in total. The molecule has 0 heterocycles. The van der Waals surface area contributed by atoms with Gasteiger partial charge in [0.15, 0.2) is 0 Å². The molecule has 0 radical (unpaired) electrons. The van der Waals surface area contributed by atoms with Crippen molar-refractivity contribution in [3.8, 4) is 0 Å². The molecular formula is C8H16O2. The van der Waals surface area contributed by atoms with E-state index in [0.717, 1.165) is 6.92 Å². The zero-order valence-corrected chi connectivity index (χ0v) is 6.92. The third-order valence-corrected chi connectivity index (χ3v) is 0.691. The van der Waals surface area contributed by atoms with E-state index < -0.39 is 5.97 Å². The maximum absolute atomic E-state index is 9.00. The number of allylic oxidation sites excluding steroid dienone is 2. The topological polar surface area (TPSA) is 37.3 Å². The van der Waals surface area contributed by atoms with E-state index in [9.17, 15) is 0 Å². The summed E-state index contributed by atoms with van der Waals surface area (Å²) in [6.45, 7) is 5.32. The van der Waals surface area contributed by atoms with Crippen LogP contribution in [0.1, 0.15) is 33.6 Å². The van der Waals surface area contributed by atoms with Gasteiger partial charge >= 0.3 is 0 Å². The molecule has 60 valence electrons. The molecule has 0 saturated heterocycles. The van der Waals surface area contributed by atoms with E-state index in [1.165, 1.54) is 12.8 Å². The van der Waals surface area contributed by atoms with Gasteiger partial charge in [-0.25, -0.2) is 0 Å². The first kappa shape index (κ1) is 11.9. The van der Waals surface area contributed by atoms with Gasteiger partial charge in [0.05, 0.1) is 0 Å². The van der Waals surface area contributed by atoms with E-state index >= 15 is 0 Å². The van der Waals surface area contributed by atoms with Crippen molar-refractivity contribution in [2.45, 2.75) is 33.6 Å². The highest BCUT2D eigenvalue weighted by Crippen LogP contribution is 1.85. The second-order valence-electron chi connectivity index (χ2n) is 1.88. The number of rotatable bonds is 2. The maximum Gasteiger partial charge on any atom is 0.300 e. The lowest BCUT2D eigenvalue weighted by atomic mass is 10.3. The van der Waals surface area contributed by atoms with Gasteiger partial charge in [-0.1, -0.05) is 25.5 Å². The highest BCUT2D eigenvalue weighted by Gasteiger charge is 1.65. The fourth-order valence-corrected chi connectivity index (χ4v) is 0.333.